The van der Waals surface area contributed by atoms with E-state index in [0.717, 1.165) is 0 Å². The van der Waals surface area contributed by atoms with Crippen molar-refractivity contribution in [3.05, 3.63) is 22.4 Å². The molecule has 3 amide bonds. The molecule has 1 fully saturated rings. The van der Waals surface area contributed by atoms with Gasteiger partial charge in [0.1, 0.15) is 24.2 Å². The smallest absolute Gasteiger partial charge is 0.352 e. The van der Waals surface area contributed by atoms with Gasteiger partial charge < -0.3 is 20.2 Å². The number of carboxylic acid groups (broad SMARTS) is 1. The minimum atomic E-state index is -1.23. The normalized spacial score (nSPS) is 22.3. The van der Waals surface area contributed by atoms with Crippen LogP contribution in [0, 0.1) is 0 Å². The van der Waals surface area contributed by atoms with E-state index in [1.807, 2.05) is 0 Å². The number of carbonyl (C=O) groups excluding carboxylic acids is 3. The largest absolute Gasteiger partial charge is 0.477 e. The van der Waals surface area contributed by atoms with Crippen LogP contribution < -0.4 is 5.32 Å². The first-order valence-electron chi connectivity index (χ1n) is 10.1. The van der Waals surface area contributed by atoms with Crippen LogP contribution in [0.1, 0.15) is 0 Å². The molecule has 3 aliphatic rings. The number of carboxylic acids is 1. The number of fused-ring (bicyclic) bond motifs is 1. The van der Waals surface area contributed by atoms with E-state index in [1.54, 1.807) is 12.5 Å². The highest BCUT2D eigenvalue weighted by atomic mass is 32.2. The summed E-state index contributed by atoms with van der Waals surface area (Å²) in [6, 6.07) is -0.956. The predicted octanol–water partition coefficient (Wildman–Crippen LogP) is -0.910. The van der Waals surface area contributed by atoms with Gasteiger partial charge in [0, 0.05) is 30.9 Å². The average Bonchev–Trinajstić information content (AvgIpc) is 3.28. The van der Waals surface area contributed by atoms with Crippen LogP contribution in [0.2, 0.25) is 0 Å². The number of nitrogens with zero attached hydrogens (tertiary/aromatic N) is 7. The van der Waals surface area contributed by atoms with Gasteiger partial charge in [0.15, 0.2) is 5.71 Å². The van der Waals surface area contributed by atoms with Crippen molar-refractivity contribution in [2.75, 3.05) is 30.9 Å². The molecule has 4 heterocycles. The molecule has 2 atom stereocenters. The fraction of sp³-hybridized carbons (Fsp3) is 0.444. The number of thioether (sulfide) groups is 3. The van der Waals surface area contributed by atoms with E-state index >= 15 is 0 Å². The quantitative estimate of drug-likeness (QED) is 0.130. The SMILES string of the molecule is CON=C(C(=O)NC1C(=O)N2C(C(=O)O)=C(CSc3nnnn3C)CS[C@H]12)C1=CSCCN1C=O. The lowest BCUT2D eigenvalue weighted by molar-refractivity contribution is -0.150. The Morgan fingerprint density at radius 3 is 2.91 bits per heavy atom. The Morgan fingerprint density at radius 1 is 1.46 bits per heavy atom. The van der Waals surface area contributed by atoms with Gasteiger partial charge >= 0.3 is 5.97 Å². The van der Waals surface area contributed by atoms with Crippen LogP contribution in [-0.2, 0) is 31.1 Å². The fourth-order valence-electron chi connectivity index (χ4n) is 3.57. The number of aryl methyl sites for hydroxylation is 1. The Kier molecular flexibility index (Phi) is 7.66. The number of hydrogen-bond acceptors (Lipinski definition) is 12. The van der Waals surface area contributed by atoms with Gasteiger partial charge in [-0.2, -0.15) is 0 Å². The average molecular weight is 541 g/mol. The van der Waals surface area contributed by atoms with Gasteiger partial charge in [0.25, 0.3) is 11.8 Å². The summed E-state index contributed by atoms with van der Waals surface area (Å²) in [5, 5.41) is 28.9. The van der Waals surface area contributed by atoms with Gasteiger partial charge in [-0.15, -0.1) is 28.6 Å². The molecule has 1 saturated heterocycles. The molecule has 2 N–H and O–H groups in total. The highest BCUT2D eigenvalue weighted by molar-refractivity contribution is 8.02. The molecule has 0 bridgehead atoms. The lowest BCUT2D eigenvalue weighted by Gasteiger charge is -2.49. The molecule has 1 aromatic rings. The number of β-lactam (4-membered cyclic amide) rings is 1. The molecule has 0 spiro atoms. The first-order valence-corrected chi connectivity index (χ1v) is 13.2. The minimum absolute atomic E-state index is 0.101. The summed E-state index contributed by atoms with van der Waals surface area (Å²) < 4.78 is 1.47. The molecule has 0 radical (unpaired) electrons. The highest BCUT2D eigenvalue weighted by Crippen LogP contribution is 2.41. The number of oxime groups is 1. The fourth-order valence-corrected chi connectivity index (χ4v) is 6.73. The predicted molar refractivity (Wildman–Crippen MR) is 127 cm³/mol. The van der Waals surface area contributed by atoms with Crippen molar-refractivity contribution in [1.29, 1.82) is 0 Å². The third-order valence-corrected chi connectivity index (χ3v) is 8.46. The van der Waals surface area contributed by atoms with Crippen molar-refractivity contribution in [2.45, 2.75) is 16.6 Å². The van der Waals surface area contributed by atoms with Crippen LogP contribution in [0.5, 0.6) is 0 Å². The molecular formula is C18H20N8O6S3. The van der Waals surface area contributed by atoms with Gasteiger partial charge in [-0.25, -0.2) is 9.48 Å². The first-order chi connectivity index (χ1) is 16.9. The first kappa shape index (κ1) is 25.1. The topological polar surface area (TPSA) is 172 Å². The second-order valence-electron chi connectivity index (χ2n) is 7.29. The van der Waals surface area contributed by atoms with E-state index in [1.165, 1.54) is 56.9 Å². The summed E-state index contributed by atoms with van der Waals surface area (Å²) in [6.45, 7) is 0.391. The minimum Gasteiger partial charge on any atom is -0.477 e. The molecule has 14 nitrogen and oxygen atoms in total. The zero-order chi connectivity index (χ0) is 25.1. The Hall–Kier alpha value is -3.05. The number of rotatable bonds is 9. The second kappa shape index (κ2) is 10.7. The number of nitrogens with one attached hydrogen (secondary N) is 1. The maximum atomic E-state index is 13.0. The molecule has 0 aliphatic carbocycles. The van der Waals surface area contributed by atoms with Crippen LogP contribution in [0.25, 0.3) is 0 Å². The Morgan fingerprint density at radius 2 is 2.26 bits per heavy atom. The molecule has 3 aliphatic heterocycles. The maximum Gasteiger partial charge on any atom is 0.352 e. The number of aromatic nitrogens is 4. The van der Waals surface area contributed by atoms with Crippen LogP contribution >= 0.6 is 35.3 Å². The molecule has 0 aromatic carbocycles. The van der Waals surface area contributed by atoms with Crippen LogP contribution in [0.3, 0.4) is 0 Å². The molecule has 17 heteroatoms. The molecule has 0 saturated carbocycles. The third kappa shape index (κ3) is 4.87. The zero-order valence-electron chi connectivity index (χ0n) is 18.5. The zero-order valence-corrected chi connectivity index (χ0v) is 20.9. The van der Waals surface area contributed by atoms with Gasteiger partial charge in [0.05, 0.1) is 5.70 Å². The van der Waals surface area contributed by atoms with Gasteiger partial charge in [0.2, 0.25) is 11.6 Å². The summed E-state index contributed by atoms with van der Waals surface area (Å²) in [4.78, 5) is 56.7. The van der Waals surface area contributed by atoms with E-state index < -0.39 is 29.2 Å². The molecular weight excluding hydrogens is 520 g/mol. The van der Waals surface area contributed by atoms with Crippen molar-refractivity contribution in [3.63, 3.8) is 0 Å². The Bertz CT molecular complexity index is 1150. The third-order valence-electron chi connectivity index (χ3n) is 5.22. The van der Waals surface area contributed by atoms with E-state index in [4.69, 9.17) is 4.84 Å². The summed E-state index contributed by atoms with van der Waals surface area (Å²) in [6.07, 6.45) is 0.595. The van der Waals surface area contributed by atoms with Crippen molar-refractivity contribution in [2.24, 2.45) is 12.2 Å². The van der Waals surface area contributed by atoms with Crippen LogP contribution in [-0.4, -0.2) is 107 Å². The Balaban J connectivity index is 1.49. The monoisotopic (exact) mass is 540 g/mol. The standard InChI is InChI=1S/C18H20N8O6S3/c1-24-18(20-22-23-24)35-6-9-5-34-16-12(15(29)26(16)13(9)17(30)31)19-14(28)11(21-32-2)10-7-33-4-3-25(10)8-27/h7-8,12,16H,3-6H2,1-2H3,(H,19,28)(H,30,31)/t12?,16-/m1/s1. The number of carbonyl (C=O) groups is 4. The van der Waals surface area contributed by atoms with E-state index in [2.05, 4.69) is 26.0 Å². The van der Waals surface area contributed by atoms with Crippen molar-refractivity contribution in [1.82, 2.24) is 35.3 Å². The summed E-state index contributed by atoms with van der Waals surface area (Å²) in [7, 11) is 2.94. The number of aliphatic carboxylic acids is 1. The van der Waals surface area contributed by atoms with Crippen molar-refractivity contribution in [3.8, 4) is 0 Å². The lowest BCUT2D eigenvalue weighted by Crippen LogP contribution is -2.71. The number of tetrazole rings is 1. The van der Waals surface area contributed by atoms with Crippen molar-refractivity contribution >= 4 is 65.2 Å². The van der Waals surface area contributed by atoms with Gasteiger partial charge in [-0.3, -0.25) is 19.3 Å². The molecule has 186 valence electrons. The van der Waals surface area contributed by atoms with E-state index in [9.17, 15) is 24.3 Å². The highest BCUT2D eigenvalue weighted by Gasteiger charge is 2.54. The van der Waals surface area contributed by atoms with Gasteiger partial charge in [-0.1, -0.05) is 16.9 Å². The number of hydrogen-bond donors (Lipinski definition) is 2. The van der Waals surface area contributed by atoms with Crippen LogP contribution in [0.15, 0.2) is 32.7 Å². The number of amides is 3. The van der Waals surface area contributed by atoms with Crippen LogP contribution in [0.4, 0.5) is 0 Å². The summed E-state index contributed by atoms with van der Waals surface area (Å²) >= 11 is 4.02. The Labute approximate surface area is 211 Å². The molecule has 35 heavy (non-hydrogen) atoms. The second-order valence-corrected chi connectivity index (χ2v) is 10.3. The summed E-state index contributed by atoms with van der Waals surface area (Å²) in [5.41, 5.74) is 0.565. The summed E-state index contributed by atoms with van der Waals surface area (Å²) in [5.74, 6) is -1.19. The molecule has 1 unspecified atom stereocenters. The van der Waals surface area contributed by atoms with E-state index in [0.29, 0.717) is 35.2 Å². The maximum absolute atomic E-state index is 13.0. The molecule has 1 aromatic heterocycles. The molecule has 4 rings (SSSR count). The van der Waals surface area contributed by atoms with E-state index in [-0.39, 0.29) is 22.9 Å². The van der Waals surface area contributed by atoms with Gasteiger partial charge in [-0.05, 0) is 21.4 Å². The lowest BCUT2D eigenvalue weighted by atomic mass is 10.0. The van der Waals surface area contributed by atoms with Crippen molar-refractivity contribution < 1.29 is 29.1 Å².